The number of carbonyl (C=O) groups excluding carboxylic acids is 2. The molecule has 9 heteroatoms. The van der Waals surface area contributed by atoms with E-state index in [1.165, 1.54) is 0 Å². The van der Waals surface area contributed by atoms with E-state index in [-0.39, 0.29) is 12.5 Å². The van der Waals surface area contributed by atoms with Crippen LogP contribution in [0.1, 0.15) is 22.8 Å². The summed E-state index contributed by atoms with van der Waals surface area (Å²) < 4.78 is 10.9. The first-order valence-corrected chi connectivity index (χ1v) is 9.40. The number of carbonyl (C=O) groups is 2. The fourth-order valence-corrected chi connectivity index (χ4v) is 2.57. The molecule has 2 aromatic carbocycles. The Morgan fingerprint density at radius 2 is 1.80 bits per heavy atom. The van der Waals surface area contributed by atoms with E-state index in [0.29, 0.717) is 36.2 Å². The highest BCUT2D eigenvalue weighted by Crippen LogP contribution is 2.30. The zero-order valence-electron chi connectivity index (χ0n) is 17.3. The van der Waals surface area contributed by atoms with E-state index < -0.39 is 5.91 Å². The zero-order chi connectivity index (χ0) is 21.9. The number of hydrogen-bond donors (Lipinski definition) is 4. The number of ether oxygens (including phenoxy) is 2. The van der Waals surface area contributed by atoms with Gasteiger partial charge in [-0.05, 0) is 36.8 Å². The molecule has 0 fully saturated rings. The fourth-order valence-electron chi connectivity index (χ4n) is 2.57. The Balaban J connectivity index is 1.95. The first-order chi connectivity index (χ1) is 14.5. The number of nitrogens with one attached hydrogen (secondary N) is 3. The summed E-state index contributed by atoms with van der Waals surface area (Å²) in [6, 6.07) is 12.5. The van der Waals surface area contributed by atoms with Crippen LogP contribution in [0.2, 0.25) is 0 Å². The molecule has 0 aliphatic carbocycles. The average Bonchev–Trinajstić information content (AvgIpc) is 2.75. The Morgan fingerprint density at radius 3 is 2.40 bits per heavy atom. The minimum atomic E-state index is -0.590. The van der Waals surface area contributed by atoms with Crippen LogP contribution in [-0.4, -0.2) is 45.1 Å². The Bertz CT molecular complexity index is 897. The maximum atomic E-state index is 11.9. The van der Waals surface area contributed by atoms with Gasteiger partial charge in [-0.25, -0.2) is 0 Å². The largest absolute Gasteiger partial charge is 0.493 e. The van der Waals surface area contributed by atoms with Crippen LogP contribution in [0.15, 0.2) is 47.5 Å². The van der Waals surface area contributed by atoms with E-state index in [4.69, 9.17) is 15.2 Å². The van der Waals surface area contributed by atoms with Crippen LogP contribution in [0.3, 0.4) is 0 Å². The van der Waals surface area contributed by atoms with Crippen molar-refractivity contribution in [2.24, 2.45) is 10.7 Å². The lowest BCUT2D eigenvalue weighted by Gasteiger charge is -2.15. The van der Waals surface area contributed by atoms with Crippen molar-refractivity contribution in [3.8, 4) is 11.5 Å². The maximum absolute atomic E-state index is 11.9. The van der Waals surface area contributed by atoms with Gasteiger partial charge in [0.25, 0.3) is 5.91 Å². The Kier molecular flexibility index (Phi) is 8.49. The van der Waals surface area contributed by atoms with Crippen molar-refractivity contribution in [3.63, 3.8) is 0 Å². The minimum Gasteiger partial charge on any atom is -0.493 e. The van der Waals surface area contributed by atoms with Crippen molar-refractivity contribution in [3.05, 3.63) is 53.6 Å². The predicted molar refractivity (Wildman–Crippen MR) is 116 cm³/mol. The Labute approximate surface area is 175 Å². The quantitative estimate of drug-likeness (QED) is 0.364. The monoisotopic (exact) mass is 413 g/mol. The minimum absolute atomic E-state index is 0.194. The van der Waals surface area contributed by atoms with Crippen LogP contribution in [-0.2, 0) is 11.3 Å². The average molecular weight is 413 g/mol. The molecule has 0 saturated heterocycles. The van der Waals surface area contributed by atoms with Gasteiger partial charge in [0.1, 0.15) is 0 Å². The van der Waals surface area contributed by atoms with Crippen LogP contribution in [0.5, 0.6) is 11.5 Å². The second-order valence-corrected chi connectivity index (χ2v) is 6.20. The second-order valence-electron chi connectivity index (χ2n) is 6.20. The van der Waals surface area contributed by atoms with E-state index in [1.54, 1.807) is 26.3 Å². The van der Waals surface area contributed by atoms with E-state index in [2.05, 4.69) is 20.9 Å². The van der Waals surface area contributed by atoms with Gasteiger partial charge in [0.15, 0.2) is 17.5 Å². The molecule has 0 saturated carbocycles. The van der Waals surface area contributed by atoms with Crippen LogP contribution in [0.4, 0.5) is 5.69 Å². The molecular formula is C21H27N5O4. The normalized spacial score (nSPS) is 10.8. The summed E-state index contributed by atoms with van der Waals surface area (Å²) in [6.45, 7) is 2.74. The lowest BCUT2D eigenvalue weighted by molar-refractivity contribution is -0.117. The number of nitrogens with zero attached hydrogens (tertiary/aromatic N) is 1. The molecule has 9 nitrogen and oxygen atoms in total. The van der Waals surface area contributed by atoms with Gasteiger partial charge in [0, 0.05) is 30.9 Å². The highest BCUT2D eigenvalue weighted by molar-refractivity contribution is 5.96. The number of benzene rings is 2. The smallest absolute Gasteiger partial charge is 0.251 e. The summed E-state index contributed by atoms with van der Waals surface area (Å²) in [5.41, 5.74) is 7.23. The fraction of sp³-hybridized carbons (Fsp3) is 0.286. The first kappa shape index (κ1) is 22.5. The van der Waals surface area contributed by atoms with Crippen molar-refractivity contribution < 1.29 is 19.1 Å². The van der Waals surface area contributed by atoms with Crippen molar-refractivity contribution in [1.29, 1.82) is 0 Å². The Morgan fingerprint density at radius 1 is 1.07 bits per heavy atom. The number of anilines is 1. The predicted octanol–water partition coefficient (Wildman–Crippen LogP) is 1.50. The van der Waals surface area contributed by atoms with E-state index in [9.17, 15) is 9.59 Å². The standard InChI is InChI=1S/C21H27N5O4/c1-4-30-18-11-16(9-10-17(18)29-3)26-21(23-2)25-12-14-5-7-15(8-6-14)20(28)24-13-19(22)27/h5-11H,4,12-13H2,1-3H3,(H2,22,27)(H,24,28)(H2,23,25,26). The number of hydrogen-bond acceptors (Lipinski definition) is 5. The van der Waals surface area contributed by atoms with Crippen molar-refractivity contribution in [2.75, 3.05) is 32.6 Å². The topological polar surface area (TPSA) is 127 Å². The molecule has 0 atom stereocenters. The number of primary amides is 1. The van der Waals surface area contributed by atoms with E-state index >= 15 is 0 Å². The van der Waals surface area contributed by atoms with Crippen LogP contribution in [0.25, 0.3) is 0 Å². The highest BCUT2D eigenvalue weighted by atomic mass is 16.5. The molecule has 0 bridgehead atoms. The van der Waals surface area contributed by atoms with Gasteiger partial charge >= 0.3 is 0 Å². The van der Waals surface area contributed by atoms with Gasteiger partial charge in [-0.3, -0.25) is 14.6 Å². The molecule has 2 rings (SSSR count). The SMILES string of the molecule is CCOc1cc(NC(=NC)NCc2ccc(C(=O)NCC(N)=O)cc2)ccc1OC. The number of rotatable bonds is 9. The third-order valence-electron chi connectivity index (χ3n) is 4.05. The van der Waals surface area contributed by atoms with Gasteiger partial charge < -0.3 is 31.2 Å². The molecule has 0 heterocycles. The highest BCUT2D eigenvalue weighted by Gasteiger charge is 2.08. The Hall–Kier alpha value is -3.75. The van der Waals surface area contributed by atoms with Crippen LogP contribution in [0, 0.1) is 0 Å². The third-order valence-corrected chi connectivity index (χ3v) is 4.05. The van der Waals surface area contributed by atoms with E-state index in [1.807, 2.05) is 37.3 Å². The van der Waals surface area contributed by atoms with Crippen LogP contribution >= 0.6 is 0 Å². The summed E-state index contributed by atoms with van der Waals surface area (Å²) in [5.74, 6) is 0.936. The van der Waals surface area contributed by atoms with Gasteiger partial charge in [0.2, 0.25) is 5.91 Å². The number of aliphatic imine (C=N–C) groups is 1. The molecule has 0 aliphatic heterocycles. The van der Waals surface area contributed by atoms with Crippen molar-refractivity contribution in [1.82, 2.24) is 10.6 Å². The van der Waals surface area contributed by atoms with E-state index in [0.717, 1.165) is 11.3 Å². The molecule has 160 valence electrons. The molecule has 0 unspecified atom stereocenters. The number of nitrogens with two attached hydrogens (primary N) is 1. The lowest BCUT2D eigenvalue weighted by atomic mass is 10.1. The summed E-state index contributed by atoms with van der Waals surface area (Å²) in [4.78, 5) is 26.9. The molecule has 0 radical (unpaired) electrons. The van der Waals surface area contributed by atoms with Gasteiger partial charge in [-0.1, -0.05) is 12.1 Å². The molecule has 2 amide bonds. The first-order valence-electron chi connectivity index (χ1n) is 9.40. The van der Waals surface area contributed by atoms with Gasteiger partial charge in [0.05, 0.1) is 20.3 Å². The summed E-state index contributed by atoms with van der Waals surface area (Å²) in [6.07, 6.45) is 0. The molecular weight excluding hydrogens is 386 g/mol. The molecule has 30 heavy (non-hydrogen) atoms. The van der Waals surface area contributed by atoms with Gasteiger partial charge in [-0.2, -0.15) is 0 Å². The van der Waals surface area contributed by atoms with Crippen molar-refractivity contribution in [2.45, 2.75) is 13.5 Å². The second kappa shape index (κ2) is 11.3. The number of guanidine groups is 1. The number of amides is 2. The van der Waals surface area contributed by atoms with Gasteiger partial charge in [-0.15, -0.1) is 0 Å². The maximum Gasteiger partial charge on any atom is 0.251 e. The number of methoxy groups -OCH3 is 1. The summed E-state index contributed by atoms with van der Waals surface area (Å²) in [5, 5.41) is 8.86. The lowest BCUT2D eigenvalue weighted by Crippen LogP contribution is -2.33. The van der Waals surface area contributed by atoms with Crippen LogP contribution < -0.4 is 31.2 Å². The summed E-state index contributed by atoms with van der Waals surface area (Å²) >= 11 is 0. The molecule has 5 N–H and O–H groups in total. The third kappa shape index (κ3) is 6.69. The molecule has 0 aliphatic rings. The molecule has 2 aromatic rings. The van der Waals surface area contributed by atoms with Crippen molar-refractivity contribution >= 4 is 23.5 Å². The molecule has 0 aromatic heterocycles. The summed E-state index contributed by atoms with van der Waals surface area (Å²) in [7, 11) is 3.27. The molecule has 0 spiro atoms. The zero-order valence-corrected chi connectivity index (χ0v) is 17.3.